The average Bonchev–Trinajstić information content (AvgIpc) is 2.88. The first-order valence-corrected chi connectivity index (χ1v) is 8.05. The summed E-state index contributed by atoms with van der Waals surface area (Å²) < 4.78 is 6.59. The number of nitrogens with one attached hydrogen (secondary N) is 1. The Hall–Kier alpha value is -1.33. The van der Waals surface area contributed by atoms with Gasteiger partial charge in [-0.05, 0) is 52.7 Å². The summed E-state index contributed by atoms with van der Waals surface area (Å²) in [5.41, 5.74) is 0.620. The van der Waals surface area contributed by atoms with E-state index < -0.39 is 0 Å². The number of ether oxygens (including phenoxy) is 1. The highest BCUT2D eigenvalue weighted by Crippen LogP contribution is 2.22. The second kappa shape index (κ2) is 7.45. The highest BCUT2D eigenvalue weighted by atomic mass is 79.9. The smallest absolute Gasteiger partial charge is 0.251 e. The van der Waals surface area contributed by atoms with Crippen LogP contribution in [0.3, 0.4) is 0 Å². The summed E-state index contributed by atoms with van der Waals surface area (Å²) in [7, 11) is 0. The van der Waals surface area contributed by atoms with Crippen molar-refractivity contribution in [1.29, 1.82) is 0 Å². The third kappa shape index (κ3) is 4.35. The molecule has 0 aliphatic heterocycles. The topological polar surface area (TPSA) is 38.3 Å². The number of rotatable bonds is 6. The van der Waals surface area contributed by atoms with E-state index in [-0.39, 0.29) is 5.91 Å². The summed E-state index contributed by atoms with van der Waals surface area (Å²) in [6.45, 7) is 3.25. The van der Waals surface area contributed by atoms with Gasteiger partial charge in [-0.3, -0.25) is 4.79 Å². The number of halogens is 1. The molecule has 0 aliphatic carbocycles. The van der Waals surface area contributed by atoms with Crippen LogP contribution in [0, 0.1) is 0 Å². The Morgan fingerprint density at radius 2 is 2.20 bits per heavy atom. The van der Waals surface area contributed by atoms with Crippen molar-refractivity contribution >= 4 is 33.2 Å². The lowest BCUT2D eigenvalue weighted by molar-refractivity contribution is 0.0951. The van der Waals surface area contributed by atoms with Gasteiger partial charge in [-0.1, -0.05) is 13.0 Å². The van der Waals surface area contributed by atoms with Gasteiger partial charge in [0.15, 0.2) is 0 Å². The van der Waals surface area contributed by atoms with Gasteiger partial charge in [-0.15, -0.1) is 11.3 Å². The van der Waals surface area contributed by atoms with E-state index in [1.165, 1.54) is 0 Å². The number of carbonyl (C=O) groups excluding carboxylic acids is 1. The molecule has 0 aliphatic rings. The molecule has 5 heteroatoms. The van der Waals surface area contributed by atoms with Crippen molar-refractivity contribution in [1.82, 2.24) is 5.32 Å². The summed E-state index contributed by atoms with van der Waals surface area (Å²) in [5.74, 6) is 0.648. The normalized spacial score (nSPS) is 10.3. The van der Waals surface area contributed by atoms with E-state index in [9.17, 15) is 4.79 Å². The zero-order valence-electron chi connectivity index (χ0n) is 11.2. The van der Waals surface area contributed by atoms with Gasteiger partial charge in [-0.25, -0.2) is 0 Å². The fraction of sp³-hybridized carbons (Fsp3) is 0.267. The number of hydrogen-bond donors (Lipinski definition) is 1. The number of amides is 1. The van der Waals surface area contributed by atoms with Crippen molar-refractivity contribution < 1.29 is 9.53 Å². The van der Waals surface area contributed by atoms with Crippen LogP contribution in [-0.4, -0.2) is 12.5 Å². The average molecular weight is 354 g/mol. The fourth-order valence-corrected chi connectivity index (χ4v) is 3.09. The van der Waals surface area contributed by atoms with Gasteiger partial charge < -0.3 is 10.1 Å². The van der Waals surface area contributed by atoms with Crippen molar-refractivity contribution in [2.24, 2.45) is 0 Å². The van der Waals surface area contributed by atoms with Crippen LogP contribution in [0.4, 0.5) is 0 Å². The van der Waals surface area contributed by atoms with Crippen LogP contribution < -0.4 is 10.1 Å². The molecule has 1 N–H and O–H groups in total. The molecule has 1 amide bonds. The Labute approximate surface area is 131 Å². The molecule has 0 bridgehead atoms. The monoisotopic (exact) mass is 353 g/mol. The minimum Gasteiger partial charge on any atom is -0.494 e. The van der Waals surface area contributed by atoms with Gasteiger partial charge in [0, 0.05) is 10.4 Å². The van der Waals surface area contributed by atoms with Crippen LogP contribution in [0.2, 0.25) is 0 Å². The maximum Gasteiger partial charge on any atom is 0.251 e. The number of carbonyl (C=O) groups is 1. The van der Waals surface area contributed by atoms with Gasteiger partial charge >= 0.3 is 0 Å². The zero-order chi connectivity index (χ0) is 14.4. The first-order chi connectivity index (χ1) is 9.69. The molecule has 0 fully saturated rings. The Morgan fingerprint density at radius 3 is 2.90 bits per heavy atom. The minimum absolute atomic E-state index is 0.0866. The summed E-state index contributed by atoms with van der Waals surface area (Å²) in [4.78, 5) is 13.2. The molecule has 3 nitrogen and oxygen atoms in total. The van der Waals surface area contributed by atoms with Crippen LogP contribution in [-0.2, 0) is 6.54 Å². The Morgan fingerprint density at radius 1 is 1.35 bits per heavy atom. The molecule has 2 aromatic rings. The molecule has 0 spiro atoms. The lowest BCUT2D eigenvalue weighted by atomic mass is 10.2. The Balaban J connectivity index is 1.94. The van der Waals surface area contributed by atoms with Crippen molar-refractivity contribution in [3.8, 4) is 5.75 Å². The first kappa shape index (κ1) is 15.1. The minimum atomic E-state index is -0.0866. The molecule has 1 aromatic heterocycles. The molecular weight excluding hydrogens is 338 g/mol. The maximum absolute atomic E-state index is 12.1. The van der Waals surface area contributed by atoms with Gasteiger partial charge in [0.2, 0.25) is 0 Å². The van der Waals surface area contributed by atoms with Crippen molar-refractivity contribution in [2.45, 2.75) is 19.9 Å². The second-order valence-electron chi connectivity index (χ2n) is 4.26. The van der Waals surface area contributed by atoms with E-state index in [0.29, 0.717) is 18.7 Å². The molecule has 0 radical (unpaired) electrons. The molecule has 20 heavy (non-hydrogen) atoms. The van der Waals surface area contributed by atoms with Gasteiger partial charge in [-0.2, -0.15) is 0 Å². The van der Waals surface area contributed by atoms with E-state index >= 15 is 0 Å². The highest BCUT2D eigenvalue weighted by molar-refractivity contribution is 9.11. The van der Waals surface area contributed by atoms with Crippen LogP contribution >= 0.6 is 27.3 Å². The number of thiophene rings is 1. The largest absolute Gasteiger partial charge is 0.494 e. The Bertz CT molecular complexity index is 583. The van der Waals surface area contributed by atoms with E-state index in [1.54, 1.807) is 23.5 Å². The van der Waals surface area contributed by atoms with Crippen LogP contribution in [0.1, 0.15) is 28.6 Å². The molecule has 1 heterocycles. The predicted molar refractivity (Wildman–Crippen MR) is 85.4 cm³/mol. The molecule has 0 saturated heterocycles. The van der Waals surface area contributed by atoms with Crippen LogP contribution in [0.15, 0.2) is 40.2 Å². The standard InChI is InChI=1S/C15H16BrNO2S/c1-2-8-19-12-5-3-4-11(9-12)15(18)17-10-13-6-7-14(16)20-13/h3-7,9H,2,8,10H2,1H3,(H,17,18). The third-order valence-corrected chi connectivity index (χ3v) is 4.24. The SMILES string of the molecule is CCCOc1cccc(C(=O)NCc2ccc(Br)s2)c1. The van der Waals surface area contributed by atoms with E-state index in [1.807, 2.05) is 24.3 Å². The Kier molecular flexibility index (Phi) is 5.61. The number of benzene rings is 1. The highest BCUT2D eigenvalue weighted by Gasteiger charge is 2.07. The zero-order valence-corrected chi connectivity index (χ0v) is 13.6. The van der Waals surface area contributed by atoms with E-state index in [2.05, 4.69) is 28.2 Å². The van der Waals surface area contributed by atoms with E-state index in [0.717, 1.165) is 20.8 Å². The molecule has 106 valence electrons. The van der Waals surface area contributed by atoms with Gasteiger partial charge in [0.1, 0.15) is 5.75 Å². The summed E-state index contributed by atoms with van der Waals surface area (Å²) >= 11 is 5.02. The lowest BCUT2D eigenvalue weighted by Gasteiger charge is -2.07. The summed E-state index contributed by atoms with van der Waals surface area (Å²) in [5, 5.41) is 2.91. The summed E-state index contributed by atoms with van der Waals surface area (Å²) in [6, 6.07) is 11.2. The molecule has 0 unspecified atom stereocenters. The fourth-order valence-electron chi connectivity index (χ4n) is 1.66. The molecule has 0 saturated carbocycles. The third-order valence-electron chi connectivity index (χ3n) is 2.62. The lowest BCUT2D eigenvalue weighted by Crippen LogP contribution is -2.22. The molecular formula is C15H16BrNO2S. The first-order valence-electron chi connectivity index (χ1n) is 6.44. The summed E-state index contributed by atoms with van der Waals surface area (Å²) in [6.07, 6.45) is 0.948. The van der Waals surface area contributed by atoms with Crippen molar-refractivity contribution in [3.63, 3.8) is 0 Å². The quantitative estimate of drug-likeness (QED) is 0.843. The van der Waals surface area contributed by atoms with Crippen LogP contribution in [0.25, 0.3) is 0 Å². The molecule has 1 aromatic carbocycles. The van der Waals surface area contributed by atoms with Crippen molar-refractivity contribution in [3.05, 3.63) is 50.6 Å². The van der Waals surface area contributed by atoms with E-state index in [4.69, 9.17) is 4.74 Å². The molecule has 2 rings (SSSR count). The maximum atomic E-state index is 12.1. The molecule has 0 atom stereocenters. The van der Waals surface area contributed by atoms with Gasteiger partial charge in [0.05, 0.1) is 16.9 Å². The van der Waals surface area contributed by atoms with Crippen LogP contribution in [0.5, 0.6) is 5.75 Å². The number of hydrogen-bond acceptors (Lipinski definition) is 3. The van der Waals surface area contributed by atoms with Crippen molar-refractivity contribution in [2.75, 3.05) is 6.61 Å². The second-order valence-corrected chi connectivity index (χ2v) is 6.81. The van der Waals surface area contributed by atoms with Gasteiger partial charge in [0.25, 0.3) is 5.91 Å². The predicted octanol–water partition coefficient (Wildman–Crippen LogP) is 4.23.